The molecule has 3 heterocycles. The van der Waals surface area contributed by atoms with Gasteiger partial charge in [-0.25, -0.2) is 13.3 Å². The topological polar surface area (TPSA) is 75.1 Å². The van der Waals surface area contributed by atoms with Gasteiger partial charge in [-0.3, -0.25) is 9.89 Å². The van der Waals surface area contributed by atoms with E-state index in [2.05, 4.69) is 20.6 Å². The number of alkyl halides is 4. The molecule has 32 heavy (non-hydrogen) atoms. The van der Waals surface area contributed by atoms with E-state index in [1.807, 2.05) is 0 Å². The van der Waals surface area contributed by atoms with Gasteiger partial charge in [-0.05, 0) is 41.7 Å². The van der Waals surface area contributed by atoms with Crippen molar-refractivity contribution in [2.24, 2.45) is 5.92 Å². The number of hydrogen-bond acceptors (Lipinski definition) is 3. The van der Waals surface area contributed by atoms with Gasteiger partial charge in [-0.15, -0.1) is 0 Å². The molecular weight excluding hydrogens is 433 g/mol. The number of hydrogen-bond donors (Lipinski definition) is 2. The van der Waals surface area contributed by atoms with Crippen molar-refractivity contribution >= 4 is 28.1 Å². The molecule has 1 aliphatic rings. The monoisotopic (exact) mass is 449 g/mol. The molecule has 0 unspecified atom stereocenters. The molecule has 0 radical (unpaired) electrons. The second-order valence-electron chi connectivity index (χ2n) is 7.71. The van der Waals surface area contributed by atoms with Crippen LogP contribution < -0.4 is 5.32 Å². The number of aromatic nitrogens is 4. The Balaban J connectivity index is 1.63. The van der Waals surface area contributed by atoms with Gasteiger partial charge < -0.3 is 5.32 Å². The van der Waals surface area contributed by atoms with Crippen molar-refractivity contribution in [3.63, 3.8) is 0 Å². The third-order valence-electron chi connectivity index (χ3n) is 5.63. The summed E-state index contributed by atoms with van der Waals surface area (Å²) in [4.78, 5) is 12.0. The molecule has 4 aromatic rings. The molecular formula is C21H16F5N5O. The number of benzene rings is 1. The maximum atomic E-state index is 15.0. The molecule has 1 fully saturated rings. The highest BCUT2D eigenvalue weighted by Crippen LogP contribution is 2.43. The molecule has 166 valence electrons. The minimum Gasteiger partial charge on any atom is -0.309 e. The Bertz CT molecular complexity index is 1370. The number of anilines is 1. The van der Waals surface area contributed by atoms with E-state index in [1.165, 1.54) is 10.7 Å². The summed E-state index contributed by atoms with van der Waals surface area (Å²) < 4.78 is 70.2. The summed E-state index contributed by atoms with van der Waals surface area (Å²) >= 11 is 0. The van der Waals surface area contributed by atoms with Crippen LogP contribution in [0.5, 0.6) is 0 Å². The number of nitrogens with zero attached hydrogens (tertiary/aromatic N) is 3. The van der Waals surface area contributed by atoms with E-state index in [9.17, 15) is 22.4 Å². The molecule has 1 saturated carbocycles. The predicted octanol–water partition coefficient (Wildman–Crippen LogP) is 4.89. The maximum Gasteiger partial charge on any atom is 0.421 e. The van der Waals surface area contributed by atoms with Crippen LogP contribution in [-0.2, 0) is 17.4 Å². The molecule has 0 saturated heterocycles. The van der Waals surface area contributed by atoms with Crippen molar-refractivity contribution in [1.82, 2.24) is 19.8 Å². The Morgan fingerprint density at radius 2 is 2.09 bits per heavy atom. The number of carbonyl (C=O) groups excluding carboxylic acids is 1. The highest BCUT2D eigenvalue weighted by molar-refractivity contribution is 5.99. The van der Waals surface area contributed by atoms with Crippen molar-refractivity contribution in [1.29, 1.82) is 0 Å². The number of aromatic amines is 1. The minimum atomic E-state index is -4.89. The van der Waals surface area contributed by atoms with Gasteiger partial charge in [0.15, 0.2) is 5.82 Å². The molecule has 6 nitrogen and oxygen atoms in total. The lowest BCUT2D eigenvalue weighted by Crippen LogP contribution is -2.15. The van der Waals surface area contributed by atoms with Crippen LogP contribution in [0.25, 0.3) is 27.5 Å². The number of amides is 1. The smallest absolute Gasteiger partial charge is 0.309 e. The number of halogens is 5. The van der Waals surface area contributed by atoms with Crippen molar-refractivity contribution in [3.05, 3.63) is 47.5 Å². The van der Waals surface area contributed by atoms with Crippen molar-refractivity contribution in [2.45, 2.75) is 32.1 Å². The first-order valence-electron chi connectivity index (χ1n) is 9.88. The van der Waals surface area contributed by atoms with E-state index in [4.69, 9.17) is 0 Å². The number of fused-ring (bicyclic) bond motifs is 2. The van der Waals surface area contributed by atoms with Gasteiger partial charge in [0, 0.05) is 17.6 Å². The number of H-pyrrole nitrogens is 1. The molecule has 0 spiro atoms. The molecule has 3 aromatic heterocycles. The van der Waals surface area contributed by atoms with Crippen LogP contribution in [0.1, 0.15) is 24.5 Å². The summed E-state index contributed by atoms with van der Waals surface area (Å²) in [5.74, 6) is -2.25. The first kappa shape index (κ1) is 20.4. The summed E-state index contributed by atoms with van der Waals surface area (Å²) in [6, 6.07) is 4.78. The maximum absolute atomic E-state index is 15.0. The standard InChI is InChI=1S/C21H16F5N5O/c1-2-11-16(13-8-27-29-19(13)17(18(11)23)21(24,25)26)9-3-4-31-10(5-9)6-15(30-31)28-20(32)12-7-14(12)22/h3-6,8,12,14H,2,7H2,1H3,(H,27,29)(H,28,30,32)/t12-,14+/m1/s1. The van der Waals surface area contributed by atoms with E-state index in [0.29, 0.717) is 16.6 Å². The van der Waals surface area contributed by atoms with Gasteiger partial charge in [0.1, 0.15) is 17.6 Å². The van der Waals surface area contributed by atoms with Crippen molar-refractivity contribution in [2.75, 3.05) is 5.32 Å². The Morgan fingerprint density at radius 3 is 2.75 bits per heavy atom. The van der Waals surface area contributed by atoms with E-state index < -0.39 is 41.1 Å². The molecule has 1 aromatic carbocycles. The van der Waals surface area contributed by atoms with Crippen LogP contribution in [0.2, 0.25) is 0 Å². The summed E-state index contributed by atoms with van der Waals surface area (Å²) in [5, 5.41) is 12.9. The fraction of sp³-hybridized carbons (Fsp3) is 0.286. The first-order chi connectivity index (χ1) is 15.2. The lowest BCUT2D eigenvalue weighted by atomic mass is 9.91. The van der Waals surface area contributed by atoms with Crippen LogP contribution in [0.15, 0.2) is 30.6 Å². The predicted molar refractivity (Wildman–Crippen MR) is 106 cm³/mol. The summed E-state index contributed by atoms with van der Waals surface area (Å²) in [6.07, 6.45) is -3.02. The molecule has 11 heteroatoms. The second kappa shape index (κ2) is 7.01. The van der Waals surface area contributed by atoms with E-state index in [0.717, 1.165) is 0 Å². The summed E-state index contributed by atoms with van der Waals surface area (Å²) in [7, 11) is 0. The molecule has 0 bridgehead atoms. The number of carbonyl (C=O) groups is 1. The third kappa shape index (κ3) is 3.19. The van der Waals surface area contributed by atoms with Crippen molar-refractivity contribution in [3.8, 4) is 11.1 Å². The SMILES string of the molecule is CCc1c(F)c(C(F)(F)F)c2[nH]ncc2c1-c1ccn2nc(NC(=O)[C@@H]3C[C@@H]3F)cc2c1. The lowest BCUT2D eigenvalue weighted by molar-refractivity contribution is -0.138. The van der Waals surface area contributed by atoms with E-state index in [-0.39, 0.29) is 29.6 Å². The lowest BCUT2D eigenvalue weighted by Gasteiger charge is -2.17. The molecule has 2 atom stereocenters. The van der Waals surface area contributed by atoms with Crippen LogP contribution in [-0.4, -0.2) is 31.9 Å². The van der Waals surface area contributed by atoms with Gasteiger partial charge in [0.05, 0.1) is 23.1 Å². The fourth-order valence-electron chi connectivity index (χ4n) is 3.99. The number of pyridine rings is 1. The quantitative estimate of drug-likeness (QED) is 0.436. The molecule has 1 amide bonds. The van der Waals surface area contributed by atoms with E-state index in [1.54, 1.807) is 31.3 Å². The average Bonchev–Trinajstić information content (AvgIpc) is 3.10. The molecule has 0 aliphatic heterocycles. The Hall–Kier alpha value is -3.50. The van der Waals surface area contributed by atoms with Crippen molar-refractivity contribution < 1.29 is 26.7 Å². The minimum absolute atomic E-state index is 0.0307. The highest BCUT2D eigenvalue weighted by atomic mass is 19.4. The highest BCUT2D eigenvalue weighted by Gasteiger charge is 2.44. The zero-order valence-corrected chi connectivity index (χ0v) is 16.6. The van der Waals surface area contributed by atoms with Gasteiger partial charge in [-0.1, -0.05) is 6.92 Å². The first-order valence-corrected chi connectivity index (χ1v) is 9.88. The van der Waals surface area contributed by atoms with Crippen LogP contribution in [0.4, 0.5) is 27.8 Å². The largest absolute Gasteiger partial charge is 0.421 e. The summed E-state index contributed by atoms with van der Waals surface area (Å²) in [5.41, 5.74) is -0.580. The Morgan fingerprint density at radius 1 is 1.34 bits per heavy atom. The van der Waals surface area contributed by atoms with Crippen LogP contribution >= 0.6 is 0 Å². The Labute approximate surface area is 177 Å². The fourth-order valence-corrected chi connectivity index (χ4v) is 3.99. The van der Waals surface area contributed by atoms with Gasteiger partial charge in [0.25, 0.3) is 0 Å². The Kier molecular flexibility index (Phi) is 4.47. The number of nitrogens with one attached hydrogen (secondary N) is 2. The molecule has 1 aliphatic carbocycles. The number of rotatable bonds is 4. The average molecular weight is 449 g/mol. The second-order valence-corrected chi connectivity index (χ2v) is 7.71. The molecule has 2 N–H and O–H groups in total. The van der Waals surface area contributed by atoms with Crippen LogP contribution in [0.3, 0.4) is 0 Å². The third-order valence-corrected chi connectivity index (χ3v) is 5.63. The zero-order chi connectivity index (χ0) is 22.8. The zero-order valence-electron chi connectivity index (χ0n) is 16.6. The van der Waals surface area contributed by atoms with Gasteiger partial charge in [0.2, 0.25) is 5.91 Å². The van der Waals surface area contributed by atoms with Gasteiger partial charge in [-0.2, -0.15) is 23.4 Å². The summed E-state index contributed by atoms with van der Waals surface area (Å²) in [6.45, 7) is 1.58. The van der Waals surface area contributed by atoms with Crippen LogP contribution in [0, 0.1) is 11.7 Å². The molecule has 5 rings (SSSR count). The van der Waals surface area contributed by atoms with E-state index >= 15 is 4.39 Å². The normalized spacial score (nSPS) is 18.4. The van der Waals surface area contributed by atoms with Gasteiger partial charge >= 0.3 is 6.18 Å².